The van der Waals surface area contributed by atoms with Gasteiger partial charge in [0.15, 0.2) is 17.5 Å². The molecule has 2 rings (SSSR count). The van der Waals surface area contributed by atoms with Crippen molar-refractivity contribution < 1.29 is 18.0 Å². The van der Waals surface area contributed by atoms with Crippen LogP contribution in [-0.4, -0.2) is 10.9 Å². The van der Waals surface area contributed by atoms with E-state index in [9.17, 15) is 18.0 Å². The first-order valence-corrected chi connectivity index (χ1v) is 5.20. The summed E-state index contributed by atoms with van der Waals surface area (Å²) in [6, 6.07) is 2.26. The largest absolute Gasteiger partial charge is 0.370 e. The van der Waals surface area contributed by atoms with Crippen molar-refractivity contribution in [2.75, 3.05) is 0 Å². The van der Waals surface area contributed by atoms with Crippen molar-refractivity contribution in [3.63, 3.8) is 0 Å². The van der Waals surface area contributed by atoms with E-state index in [2.05, 4.69) is 4.98 Å². The fourth-order valence-corrected chi connectivity index (χ4v) is 1.74. The third kappa shape index (κ3) is 2.13. The fourth-order valence-electron chi connectivity index (χ4n) is 1.74. The van der Waals surface area contributed by atoms with Gasteiger partial charge in [0.1, 0.15) is 0 Å². The molecule has 6 heteroatoms. The lowest BCUT2D eigenvalue weighted by Gasteiger charge is -2.07. The zero-order valence-corrected chi connectivity index (χ0v) is 9.21. The number of carbonyl (C=O) groups excluding carboxylic acids is 1. The highest BCUT2D eigenvalue weighted by atomic mass is 19.2. The van der Waals surface area contributed by atoms with Crippen molar-refractivity contribution in [2.24, 2.45) is 5.73 Å². The van der Waals surface area contributed by atoms with E-state index in [0.717, 1.165) is 6.07 Å². The normalized spacial score (nSPS) is 10.8. The van der Waals surface area contributed by atoms with E-state index in [-0.39, 0.29) is 29.3 Å². The average molecular weight is 254 g/mol. The number of hydrogen-bond donors (Lipinski definition) is 1. The number of halogens is 3. The number of rotatable bonds is 3. The van der Waals surface area contributed by atoms with Gasteiger partial charge in [-0.05, 0) is 23.9 Å². The second-order valence-corrected chi connectivity index (χ2v) is 3.81. The van der Waals surface area contributed by atoms with Crippen LogP contribution in [0, 0.1) is 17.5 Å². The summed E-state index contributed by atoms with van der Waals surface area (Å²) in [7, 11) is 0. The van der Waals surface area contributed by atoms with E-state index in [1.807, 2.05) is 0 Å². The lowest BCUT2D eigenvalue weighted by atomic mass is 10.1. The molecule has 1 amide bonds. The zero-order chi connectivity index (χ0) is 13.3. The quantitative estimate of drug-likeness (QED) is 0.852. The third-order valence-electron chi connectivity index (χ3n) is 2.57. The van der Waals surface area contributed by atoms with Gasteiger partial charge in [0.05, 0.1) is 5.69 Å². The summed E-state index contributed by atoms with van der Waals surface area (Å²) in [5.74, 6) is -4.67. The van der Waals surface area contributed by atoms with E-state index >= 15 is 0 Å². The number of aryl methyl sites for hydroxylation is 1. The van der Waals surface area contributed by atoms with Crippen LogP contribution >= 0.6 is 0 Å². The molecule has 0 saturated heterocycles. The van der Waals surface area contributed by atoms with Crippen molar-refractivity contribution in [2.45, 2.75) is 12.8 Å². The second kappa shape index (κ2) is 4.64. The molecule has 18 heavy (non-hydrogen) atoms. The van der Waals surface area contributed by atoms with Gasteiger partial charge < -0.3 is 5.73 Å². The van der Waals surface area contributed by atoms with Crippen LogP contribution in [0.1, 0.15) is 12.1 Å². The van der Waals surface area contributed by atoms with Crippen LogP contribution in [0.3, 0.4) is 0 Å². The maximum absolute atomic E-state index is 13.7. The Balaban J connectivity index is 2.61. The zero-order valence-electron chi connectivity index (χ0n) is 9.21. The van der Waals surface area contributed by atoms with Crippen LogP contribution in [0.4, 0.5) is 13.2 Å². The molecule has 1 heterocycles. The molecule has 0 atom stereocenters. The third-order valence-corrected chi connectivity index (χ3v) is 2.57. The van der Waals surface area contributed by atoms with Gasteiger partial charge in [0.2, 0.25) is 5.91 Å². The smallest absolute Gasteiger partial charge is 0.217 e. The maximum Gasteiger partial charge on any atom is 0.217 e. The fraction of sp³-hybridized carbons (Fsp3) is 0.167. The molecular weight excluding hydrogens is 245 g/mol. The van der Waals surface area contributed by atoms with Crippen molar-refractivity contribution in [3.05, 3.63) is 41.5 Å². The summed E-state index contributed by atoms with van der Waals surface area (Å²) >= 11 is 0. The summed E-state index contributed by atoms with van der Waals surface area (Å²) in [4.78, 5) is 14.6. The molecule has 0 fully saturated rings. The number of primary amides is 1. The monoisotopic (exact) mass is 254 g/mol. The Morgan fingerprint density at radius 2 is 2.00 bits per heavy atom. The molecular formula is C12H9F3N2O. The van der Waals surface area contributed by atoms with Crippen molar-refractivity contribution in [1.29, 1.82) is 0 Å². The molecule has 0 spiro atoms. The minimum Gasteiger partial charge on any atom is -0.370 e. The Morgan fingerprint density at radius 3 is 2.67 bits per heavy atom. The van der Waals surface area contributed by atoms with Crippen LogP contribution in [0.5, 0.6) is 0 Å². The number of nitrogens with zero attached hydrogens (tertiary/aromatic N) is 1. The maximum atomic E-state index is 13.7. The molecule has 0 radical (unpaired) electrons. The molecule has 94 valence electrons. The first kappa shape index (κ1) is 12.3. The Morgan fingerprint density at radius 1 is 1.28 bits per heavy atom. The van der Waals surface area contributed by atoms with E-state index in [4.69, 9.17) is 5.73 Å². The lowest BCUT2D eigenvalue weighted by molar-refractivity contribution is -0.118. The van der Waals surface area contributed by atoms with Crippen LogP contribution in [0.25, 0.3) is 10.8 Å². The first-order chi connectivity index (χ1) is 8.50. The summed E-state index contributed by atoms with van der Waals surface area (Å²) < 4.78 is 39.9. The number of nitrogens with two attached hydrogens (primary N) is 1. The predicted molar refractivity (Wildman–Crippen MR) is 59.1 cm³/mol. The van der Waals surface area contributed by atoms with Crippen molar-refractivity contribution >= 4 is 16.7 Å². The van der Waals surface area contributed by atoms with Crippen molar-refractivity contribution in [1.82, 2.24) is 4.98 Å². The highest BCUT2D eigenvalue weighted by molar-refractivity contribution is 5.85. The van der Waals surface area contributed by atoms with Crippen molar-refractivity contribution in [3.8, 4) is 0 Å². The highest BCUT2D eigenvalue weighted by Crippen LogP contribution is 2.25. The Hall–Kier alpha value is -2.11. The second-order valence-electron chi connectivity index (χ2n) is 3.81. The molecule has 1 aromatic heterocycles. The number of aromatic nitrogens is 1. The molecule has 0 saturated carbocycles. The molecule has 0 aliphatic rings. The van der Waals surface area contributed by atoms with Gasteiger partial charge in [-0.3, -0.25) is 9.78 Å². The minimum atomic E-state index is -1.55. The van der Waals surface area contributed by atoms with Gasteiger partial charge in [-0.15, -0.1) is 0 Å². The Labute approximate surface area is 100 Å². The lowest BCUT2D eigenvalue weighted by Crippen LogP contribution is -2.12. The van der Waals surface area contributed by atoms with Gasteiger partial charge in [0, 0.05) is 18.0 Å². The number of carbonyl (C=O) groups is 1. The Kier molecular flexibility index (Phi) is 3.18. The predicted octanol–water partition coefficient (Wildman–Crippen LogP) is 2.07. The molecule has 2 N–H and O–H groups in total. The van der Waals surface area contributed by atoms with E-state index in [1.54, 1.807) is 0 Å². The standard InChI is InChI=1S/C12H9F3N2O/c13-7-5-6-3-4-17-8(1-2-9(16)18)10(6)12(15)11(7)14/h3-5H,1-2H2,(H2,16,18). The van der Waals surface area contributed by atoms with Gasteiger partial charge in [0.25, 0.3) is 0 Å². The molecule has 0 aliphatic carbocycles. The number of benzene rings is 1. The molecule has 0 aliphatic heterocycles. The molecule has 3 nitrogen and oxygen atoms in total. The summed E-state index contributed by atoms with van der Waals surface area (Å²) in [5, 5.41) is 0.0820. The summed E-state index contributed by atoms with van der Waals surface area (Å²) in [6.45, 7) is 0. The van der Waals surface area contributed by atoms with Gasteiger partial charge in [-0.1, -0.05) is 0 Å². The average Bonchev–Trinajstić information content (AvgIpc) is 2.33. The summed E-state index contributed by atoms with van der Waals surface area (Å²) in [6.07, 6.45) is 1.38. The topological polar surface area (TPSA) is 56.0 Å². The highest BCUT2D eigenvalue weighted by Gasteiger charge is 2.17. The van der Waals surface area contributed by atoms with E-state index in [0.29, 0.717) is 0 Å². The van der Waals surface area contributed by atoms with Crippen LogP contribution in [-0.2, 0) is 11.2 Å². The van der Waals surface area contributed by atoms with Crippen LogP contribution in [0.2, 0.25) is 0 Å². The van der Waals surface area contributed by atoms with Crippen LogP contribution < -0.4 is 5.73 Å². The number of hydrogen-bond acceptors (Lipinski definition) is 2. The molecule has 0 bridgehead atoms. The minimum absolute atomic E-state index is 0.0372. The van der Waals surface area contributed by atoms with E-state index in [1.165, 1.54) is 12.3 Å². The van der Waals surface area contributed by atoms with E-state index < -0.39 is 23.4 Å². The SMILES string of the molecule is NC(=O)CCc1nccc2cc(F)c(F)c(F)c12. The number of pyridine rings is 1. The number of amides is 1. The van der Waals surface area contributed by atoms with Gasteiger partial charge in [-0.25, -0.2) is 13.2 Å². The molecule has 0 unspecified atom stereocenters. The van der Waals surface area contributed by atoms with Gasteiger partial charge in [-0.2, -0.15) is 0 Å². The Bertz CT molecular complexity index is 628. The molecule has 1 aromatic carbocycles. The molecule has 2 aromatic rings. The summed E-state index contributed by atoms with van der Waals surface area (Å²) in [5.41, 5.74) is 5.16. The van der Waals surface area contributed by atoms with Gasteiger partial charge >= 0.3 is 0 Å². The van der Waals surface area contributed by atoms with Crippen LogP contribution in [0.15, 0.2) is 18.3 Å². The number of fused-ring (bicyclic) bond motifs is 1. The first-order valence-electron chi connectivity index (χ1n) is 5.20.